The van der Waals surface area contributed by atoms with Crippen molar-refractivity contribution in [1.82, 2.24) is 30.2 Å². The molecule has 2 rings (SSSR count). The summed E-state index contributed by atoms with van der Waals surface area (Å²) < 4.78 is 1.71. The molecule has 0 saturated heterocycles. The summed E-state index contributed by atoms with van der Waals surface area (Å²) in [4.78, 5) is 18.3. The van der Waals surface area contributed by atoms with Crippen LogP contribution >= 0.6 is 0 Å². The highest BCUT2D eigenvalue weighted by molar-refractivity contribution is 5.91. The van der Waals surface area contributed by atoms with Gasteiger partial charge in [-0.1, -0.05) is 26.0 Å². The van der Waals surface area contributed by atoms with Crippen molar-refractivity contribution in [2.45, 2.75) is 33.9 Å². The molecule has 0 aromatic carbocycles. The van der Waals surface area contributed by atoms with Crippen LogP contribution in [-0.4, -0.2) is 50.9 Å². The van der Waals surface area contributed by atoms with Gasteiger partial charge < -0.3 is 10.2 Å². The van der Waals surface area contributed by atoms with E-state index in [1.807, 2.05) is 12.1 Å². The van der Waals surface area contributed by atoms with E-state index < -0.39 is 0 Å². The fourth-order valence-electron chi connectivity index (χ4n) is 2.45. The van der Waals surface area contributed by atoms with Gasteiger partial charge in [-0.2, -0.15) is 0 Å². The van der Waals surface area contributed by atoms with E-state index >= 15 is 0 Å². The molecule has 2 heterocycles. The number of hydrogen-bond donors (Lipinski definition) is 1. The van der Waals surface area contributed by atoms with E-state index in [2.05, 4.69) is 53.3 Å². The molecule has 0 aliphatic rings. The van der Waals surface area contributed by atoms with Gasteiger partial charge in [0, 0.05) is 32.0 Å². The second kappa shape index (κ2) is 8.01. The summed E-state index contributed by atoms with van der Waals surface area (Å²) in [6, 6.07) is 3.73. The molecular weight excluding hydrogens is 304 g/mol. The lowest BCUT2D eigenvalue weighted by atomic mass is 9.96. The van der Waals surface area contributed by atoms with Gasteiger partial charge in [0.05, 0.1) is 12.7 Å². The molecule has 24 heavy (non-hydrogen) atoms. The predicted molar refractivity (Wildman–Crippen MR) is 92.4 cm³/mol. The molecule has 2 aromatic heterocycles. The van der Waals surface area contributed by atoms with Crippen LogP contribution in [0.1, 0.15) is 36.8 Å². The van der Waals surface area contributed by atoms with Crippen molar-refractivity contribution in [3.63, 3.8) is 0 Å². The Labute approximate surface area is 143 Å². The zero-order valence-electron chi connectivity index (χ0n) is 14.9. The lowest BCUT2D eigenvalue weighted by Gasteiger charge is -2.26. The van der Waals surface area contributed by atoms with E-state index in [4.69, 9.17) is 0 Å². The highest BCUT2D eigenvalue weighted by atomic mass is 16.2. The van der Waals surface area contributed by atoms with Gasteiger partial charge in [-0.3, -0.25) is 14.5 Å². The van der Waals surface area contributed by atoms with Gasteiger partial charge in [-0.25, -0.2) is 0 Å². The largest absolute Gasteiger partial charge is 0.347 e. The molecule has 0 bridgehead atoms. The molecule has 0 spiro atoms. The predicted octanol–water partition coefficient (Wildman–Crippen LogP) is 1.58. The maximum absolute atomic E-state index is 12.1. The number of likely N-dealkylation sites (N-methyl/N-ethyl adjacent to an activating group) is 1. The number of pyridine rings is 1. The summed E-state index contributed by atoms with van der Waals surface area (Å²) in [5, 5.41) is 10.8. The van der Waals surface area contributed by atoms with Crippen molar-refractivity contribution in [3.8, 4) is 0 Å². The van der Waals surface area contributed by atoms with Crippen molar-refractivity contribution < 1.29 is 4.79 Å². The SMILES string of the molecule is CN(CCn1cc(C(=O)NCc2ccncc2)nn1)CC(C)(C)C. The lowest BCUT2D eigenvalue weighted by molar-refractivity contribution is 0.0946. The minimum atomic E-state index is -0.221. The maximum atomic E-state index is 12.1. The van der Waals surface area contributed by atoms with E-state index in [9.17, 15) is 4.79 Å². The van der Waals surface area contributed by atoms with Crippen molar-refractivity contribution >= 4 is 5.91 Å². The monoisotopic (exact) mass is 330 g/mol. The summed E-state index contributed by atoms with van der Waals surface area (Å²) >= 11 is 0. The van der Waals surface area contributed by atoms with Crippen LogP contribution in [0.15, 0.2) is 30.7 Å². The fourth-order valence-corrected chi connectivity index (χ4v) is 2.45. The second-order valence-electron chi connectivity index (χ2n) is 7.20. The number of aromatic nitrogens is 4. The smallest absolute Gasteiger partial charge is 0.273 e. The molecule has 0 radical (unpaired) electrons. The zero-order chi connectivity index (χ0) is 17.6. The lowest BCUT2D eigenvalue weighted by Crippen LogP contribution is -2.32. The fraction of sp³-hybridized carbons (Fsp3) is 0.529. The number of amides is 1. The van der Waals surface area contributed by atoms with Crippen molar-refractivity contribution in [3.05, 3.63) is 42.0 Å². The van der Waals surface area contributed by atoms with Gasteiger partial charge in [0.2, 0.25) is 0 Å². The molecule has 7 heteroatoms. The molecule has 0 aliphatic carbocycles. The molecule has 1 amide bonds. The first-order chi connectivity index (χ1) is 11.3. The Morgan fingerprint density at radius 2 is 2.00 bits per heavy atom. The van der Waals surface area contributed by atoms with E-state index in [1.165, 1.54) is 0 Å². The maximum Gasteiger partial charge on any atom is 0.273 e. The number of rotatable bonds is 7. The zero-order valence-corrected chi connectivity index (χ0v) is 14.9. The third-order valence-electron chi connectivity index (χ3n) is 3.43. The Morgan fingerprint density at radius 3 is 2.67 bits per heavy atom. The van der Waals surface area contributed by atoms with Crippen LogP contribution in [0.2, 0.25) is 0 Å². The second-order valence-corrected chi connectivity index (χ2v) is 7.20. The van der Waals surface area contributed by atoms with Gasteiger partial charge in [-0.05, 0) is 30.2 Å². The number of nitrogens with one attached hydrogen (secondary N) is 1. The molecule has 2 aromatic rings. The molecule has 0 aliphatic heterocycles. The minimum absolute atomic E-state index is 0.221. The van der Waals surface area contributed by atoms with E-state index in [-0.39, 0.29) is 11.3 Å². The van der Waals surface area contributed by atoms with Gasteiger partial charge in [-0.15, -0.1) is 5.10 Å². The summed E-state index contributed by atoms with van der Waals surface area (Å²) in [5.74, 6) is -0.221. The summed E-state index contributed by atoms with van der Waals surface area (Å²) in [6.07, 6.45) is 5.09. The van der Waals surface area contributed by atoms with E-state index in [0.29, 0.717) is 18.8 Å². The third kappa shape index (κ3) is 6.08. The average Bonchev–Trinajstić information content (AvgIpc) is 2.99. The number of carbonyl (C=O) groups excluding carboxylic acids is 1. The van der Waals surface area contributed by atoms with Crippen LogP contribution in [-0.2, 0) is 13.1 Å². The molecule has 7 nitrogen and oxygen atoms in total. The van der Waals surface area contributed by atoms with Gasteiger partial charge in [0.25, 0.3) is 5.91 Å². The van der Waals surface area contributed by atoms with Gasteiger partial charge in [0.15, 0.2) is 5.69 Å². The molecule has 0 saturated carbocycles. The van der Waals surface area contributed by atoms with Crippen LogP contribution in [0.3, 0.4) is 0 Å². The number of hydrogen-bond acceptors (Lipinski definition) is 5. The van der Waals surface area contributed by atoms with Crippen LogP contribution in [0.5, 0.6) is 0 Å². The Bertz CT molecular complexity index is 647. The van der Waals surface area contributed by atoms with Crippen molar-refractivity contribution in [2.24, 2.45) is 5.41 Å². The molecule has 0 unspecified atom stereocenters. The van der Waals surface area contributed by atoms with E-state index in [0.717, 1.165) is 18.7 Å². The average molecular weight is 330 g/mol. The highest BCUT2D eigenvalue weighted by Crippen LogP contribution is 2.13. The molecule has 130 valence electrons. The third-order valence-corrected chi connectivity index (χ3v) is 3.43. The summed E-state index contributed by atoms with van der Waals surface area (Å²) in [6.45, 7) is 9.65. The highest BCUT2D eigenvalue weighted by Gasteiger charge is 2.14. The molecule has 1 N–H and O–H groups in total. The molecule has 0 fully saturated rings. The summed E-state index contributed by atoms with van der Waals surface area (Å²) in [7, 11) is 2.09. The van der Waals surface area contributed by atoms with Crippen molar-refractivity contribution in [2.75, 3.05) is 20.1 Å². The van der Waals surface area contributed by atoms with Gasteiger partial charge >= 0.3 is 0 Å². The minimum Gasteiger partial charge on any atom is -0.347 e. The summed E-state index contributed by atoms with van der Waals surface area (Å²) in [5.41, 5.74) is 1.59. The first-order valence-electron chi connectivity index (χ1n) is 8.09. The Balaban J connectivity index is 1.80. The van der Waals surface area contributed by atoms with Crippen LogP contribution in [0, 0.1) is 5.41 Å². The quantitative estimate of drug-likeness (QED) is 0.834. The van der Waals surface area contributed by atoms with Crippen LogP contribution in [0.25, 0.3) is 0 Å². The number of nitrogens with zero attached hydrogens (tertiary/aromatic N) is 5. The van der Waals surface area contributed by atoms with Crippen molar-refractivity contribution in [1.29, 1.82) is 0 Å². The van der Waals surface area contributed by atoms with Crippen LogP contribution < -0.4 is 5.32 Å². The molecular formula is C17H26N6O. The normalized spacial score (nSPS) is 11.7. The molecule has 0 atom stereocenters. The Hall–Kier alpha value is -2.28. The first kappa shape index (κ1) is 18.1. The topological polar surface area (TPSA) is 75.9 Å². The first-order valence-corrected chi connectivity index (χ1v) is 8.09. The standard InChI is InChI=1S/C17H26N6O/c1-17(2,3)13-22(4)9-10-23-12-15(20-21-23)16(24)19-11-14-5-7-18-8-6-14/h5-8,12H,9-11,13H2,1-4H3,(H,19,24). The number of carbonyl (C=O) groups is 1. The Morgan fingerprint density at radius 1 is 1.29 bits per heavy atom. The Kier molecular flexibility index (Phi) is 6.03. The van der Waals surface area contributed by atoms with E-state index in [1.54, 1.807) is 23.3 Å². The van der Waals surface area contributed by atoms with Crippen LogP contribution in [0.4, 0.5) is 0 Å². The van der Waals surface area contributed by atoms with Gasteiger partial charge in [0.1, 0.15) is 0 Å².